The molecule has 1 aliphatic heterocycles. The first kappa shape index (κ1) is 18.7. The highest BCUT2D eigenvalue weighted by Gasteiger charge is 2.18. The first-order chi connectivity index (χ1) is 13.7. The molecule has 0 amide bonds. The number of rotatable bonds is 5. The fourth-order valence-electron chi connectivity index (χ4n) is 3.30. The van der Waals surface area contributed by atoms with Crippen molar-refractivity contribution >= 4 is 33.1 Å². The van der Waals surface area contributed by atoms with Crippen LogP contribution in [0.2, 0.25) is 0 Å². The summed E-state index contributed by atoms with van der Waals surface area (Å²) in [5.41, 5.74) is 3.21. The fraction of sp³-hybridized carbons (Fsp3) is 0.238. The lowest BCUT2D eigenvalue weighted by atomic mass is 10.2. The number of benzene rings is 1. The molecule has 0 saturated carbocycles. The van der Waals surface area contributed by atoms with E-state index < -0.39 is 0 Å². The molecule has 0 unspecified atom stereocenters. The third-order valence-electron chi connectivity index (χ3n) is 4.81. The summed E-state index contributed by atoms with van der Waals surface area (Å²) in [7, 11) is 0. The number of aromatic nitrogens is 2. The molecule has 3 heterocycles. The molecule has 4 rings (SSSR count). The molecule has 0 aliphatic carbocycles. The number of anilines is 3. The lowest BCUT2D eigenvalue weighted by molar-refractivity contribution is 0.624. The molecular weight excluding hydrogens is 421 g/mol. The van der Waals surface area contributed by atoms with E-state index in [1.807, 2.05) is 36.7 Å². The maximum absolute atomic E-state index is 13.1. The molecule has 0 atom stereocenters. The van der Waals surface area contributed by atoms with Crippen molar-refractivity contribution in [2.24, 2.45) is 0 Å². The van der Waals surface area contributed by atoms with Crippen molar-refractivity contribution in [2.75, 3.05) is 41.3 Å². The van der Waals surface area contributed by atoms with Crippen LogP contribution in [-0.4, -0.2) is 36.1 Å². The number of piperazine rings is 1. The minimum atomic E-state index is -0.198. The van der Waals surface area contributed by atoms with Crippen molar-refractivity contribution in [1.82, 2.24) is 9.97 Å². The van der Waals surface area contributed by atoms with Crippen LogP contribution in [-0.2, 0) is 6.54 Å². The number of halogens is 2. The van der Waals surface area contributed by atoms with E-state index in [9.17, 15) is 4.39 Å². The van der Waals surface area contributed by atoms with Crippen molar-refractivity contribution in [3.8, 4) is 0 Å². The van der Waals surface area contributed by atoms with Crippen LogP contribution >= 0.6 is 15.9 Å². The highest BCUT2D eigenvalue weighted by molar-refractivity contribution is 9.10. The lowest BCUT2D eigenvalue weighted by Crippen LogP contribution is -2.46. The number of nitrogens with zero attached hydrogens (tertiary/aromatic N) is 4. The first-order valence-electron chi connectivity index (χ1n) is 9.22. The standard InChI is InChI=1S/C21H21BrFN5/c22-17-12-19(15-24-14-17)26-13-16-5-6-25-21(11-16)28-9-7-27(8-10-28)20-3-1-18(23)2-4-20/h1-6,11-12,14-15,26H,7-10,13H2. The van der Waals surface area contributed by atoms with E-state index >= 15 is 0 Å². The zero-order valence-corrected chi connectivity index (χ0v) is 16.9. The Morgan fingerprint density at radius 3 is 2.46 bits per heavy atom. The predicted octanol–water partition coefficient (Wildman–Crippen LogP) is 4.32. The third-order valence-corrected chi connectivity index (χ3v) is 5.24. The average Bonchev–Trinajstić information content (AvgIpc) is 2.73. The number of hydrogen-bond donors (Lipinski definition) is 1. The van der Waals surface area contributed by atoms with Crippen molar-refractivity contribution in [3.63, 3.8) is 0 Å². The van der Waals surface area contributed by atoms with Gasteiger partial charge in [-0.05, 0) is 64.0 Å². The lowest BCUT2D eigenvalue weighted by Gasteiger charge is -2.36. The van der Waals surface area contributed by atoms with Crippen LogP contribution in [0, 0.1) is 5.82 Å². The van der Waals surface area contributed by atoms with Gasteiger partial charge in [-0.3, -0.25) is 4.98 Å². The fourth-order valence-corrected chi connectivity index (χ4v) is 3.67. The summed E-state index contributed by atoms with van der Waals surface area (Å²) in [4.78, 5) is 13.3. The molecular formula is C21H21BrFN5. The number of hydrogen-bond acceptors (Lipinski definition) is 5. The van der Waals surface area contributed by atoms with Gasteiger partial charge in [0.15, 0.2) is 0 Å². The quantitative estimate of drug-likeness (QED) is 0.638. The predicted molar refractivity (Wildman–Crippen MR) is 114 cm³/mol. The molecule has 144 valence electrons. The zero-order valence-electron chi connectivity index (χ0n) is 15.4. The Hall–Kier alpha value is -2.67. The van der Waals surface area contributed by atoms with Gasteiger partial charge in [-0.15, -0.1) is 0 Å². The molecule has 1 aromatic carbocycles. The largest absolute Gasteiger partial charge is 0.380 e. The summed E-state index contributed by atoms with van der Waals surface area (Å²) in [6.07, 6.45) is 5.43. The molecule has 0 radical (unpaired) electrons. The Balaban J connectivity index is 1.36. The van der Waals surface area contributed by atoms with Gasteiger partial charge in [0.25, 0.3) is 0 Å². The highest BCUT2D eigenvalue weighted by Crippen LogP contribution is 2.21. The van der Waals surface area contributed by atoms with E-state index in [2.05, 4.69) is 47.1 Å². The van der Waals surface area contributed by atoms with Gasteiger partial charge in [0.1, 0.15) is 11.6 Å². The van der Waals surface area contributed by atoms with Gasteiger partial charge in [0.05, 0.1) is 11.9 Å². The van der Waals surface area contributed by atoms with Crippen molar-refractivity contribution in [1.29, 1.82) is 0 Å². The van der Waals surface area contributed by atoms with Crippen molar-refractivity contribution in [3.05, 3.63) is 76.9 Å². The molecule has 5 nitrogen and oxygen atoms in total. The van der Waals surface area contributed by atoms with Crippen molar-refractivity contribution < 1.29 is 4.39 Å². The summed E-state index contributed by atoms with van der Waals surface area (Å²) in [5.74, 6) is 0.793. The van der Waals surface area contributed by atoms with Crippen molar-refractivity contribution in [2.45, 2.75) is 6.54 Å². The Labute approximate surface area is 172 Å². The van der Waals surface area contributed by atoms with Crippen LogP contribution < -0.4 is 15.1 Å². The van der Waals surface area contributed by atoms with Gasteiger partial charge in [0, 0.05) is 55.3 Å². The van der Waals surface area contributed by atoms with Gasteiger partial charge in [-0.25, -0.2) is 9.37 Å². The average molecular weight is 442 g/mol. The summed E-state index contributed by atoms with van der Waals surface area (Å²) in [6, 6.07) is 12.9. The topological polar surface area (TPSA) is 44.3 Å². The van der Waals surface area contributed by atoms with E-state index in [1.54, 1.807) is 6.20 Å². The van der Waals surface area contributed by atoms with E-state index in [0.29, 0.717) is 6.54 Å². The smallest absolute Gasteiger partial charge is 0.128 e. The molecule has 3 aromatic rings. The van der Waals surface area contributed by atoms with Gasteiger partial charge in [0.2, 0.25) is 0 Å². The monoisotopic (exact) mass is 441 g/mol. The first-order valence-corrected chi connectivity index (χ1v) is 10.0. The zero-order chi connectivity index (χ0) is 19.3. The van der Waals surface area contributed by atoms with E-state index in [1.165, 1.54) is 17.7 Å². The molecule has 2 aromatic heterocycles. The van der Waals surface area contributed by atoms with Crippen LogP contribution in [0.5, 0.6) is 0 Å². The van der Waals surface area contributed by atoms with Crippen LogP contribution in [0.3, 0.4) is 0 Å². The van der Waals surface area contributed by atoms with E-state index in [4.69, 9.17) is 0 Å². The molecule has 7 heteroatoms. The maximum Gasteiger partial charge on any atom is 0.128 e. The Morgan fingerprint density at radius 1 is 0.964 bits per heavy atom. The SMILES string of the molecule is Fc1ccc(N2CCN(c3cc(CNc4cncc(Br)c4)ccn3)CC2)cc1. The minimum absolute atomic E-state index is 0.198. The van der Waals surface area contributed by atoms with Gasteiger partial charge < -0.3 is 15.1 Å². The summed E-state index contributed by atoms with van der Waals surface area (Å²) in [6.45, 7) is 4.26. The van der Waals surface area contributed by atoms with Gasteiger partial charge in [-0.1, -0.05) is 0 Å². The summed E-state index contributed by atoms with van der Waals surface area (Å²) >= 11 is 3.44. The number of nitrogens with one attached hydrogen (secondary N) is 1. The Kier molecular flexibility index (Phi) is 5.71. The second kappa shape index (κ2) is 8.56. The Morgan fingerprint density at radius 2 is 1.71 bits per heavy atom. The second-order valence-electron chi connectivity index (χ2n) is 6.72. The van der Waals surface area contributed by atoms with E-state index in [-0.39, 0.29) is 5.82 Å². The molecule has 28 heavy (non-hydrogen) atoms. The van der Waals surface area contributed by atoms with Crippen LogP contribution in [0.4, 0.5) is 21.6 Å². The summed E-state index contributed by atoms with van der Waals surface area (Å²) < 4.78 is 14.1. The highest BCUT2D eigenvalue weighted by atomic mass is 79.9. The number of pyridine rings is 2. The second-order valence-corrected chi connectivity index (χ2v) is 7.63. The molecule has 1 aliphatic rings. The third kappa shape index (κ3) is 4.59. The molecule has 1 N–H and O–H groups in total. The van der Waals surface area contributed by atoms with Crippen LogP contribution in [0.25, 0.3) is 0 Å². The molecule has 1 fully saturated rings. The van der Waals surface area contributed by atoms with Crippen LogP contribution in [0.1, 0.15) is 5.56 Å². The molecule has 1 saturated heterocycles. The molecule has 0 bridgehead atoms. The Bertz CT molecular complexity index is 926. The van der Waals surface area contributed by atoms with Gasteiger partial charge >= 0.3 is 0 Å². The van der Waals surface area contributed by atoms with Gasteiger partial charge in [-0.2, -0.15) is 0 Å². The maximum atomic E-state index is 13.1. The van der Waals surface area contributed by atoms with Crippen LogP contribution in [0.15, 0.2) is 65.5 Å². The summed E-state index contributed by atoms with van der Waals surface area (Å²) in [5, 5.41) is 3.39. The molecule has 0 spiro atoms. The normalized spacial score (nSPS) is 14.2. The minimum Gasteiger partial charge on any atom is -0.380 e. The van der Waals surface area contributed by atoms with E-state index in [0.717, 1.165) is 47.8 Å².